The fourth-order valence-corrected chi connectivity index (χ4v) is 2.90. The van der Waals surface area contributed by atoms with Crippen molar-refractivity contribution < 1.29 is 0 Å². The summed E-state index contributed by atoms with van der Waals surface area (Å²) in [6.45, 7) is 4.12. The van der Waals surface area contributed by atoms with Crippen LogP contribution in [0, 0.1) is 0 Å². The highest BCUT2D eigenvalue weighted by Gasteiger charge is 2.12. The SMILES string of the molecule is NCc1cccc2[nH]c(CN3CCCCC3)cc12. The van der Waals surface area contributed by atoms with E-state index >= 15 is 0 Å². The molecule has 0 amide bonds. The van der Waals surface area contributed by atoms with Crippen molar-refractivity contribution in [3.8, 4) is 0 Å². The number of hydrogen-bond acceptors (Lipinski definition) is 2. The number of benzene rings is 1. The zero-order chi connectivity index (χ0) is 12.4. The maximum Gasteiger partial charge on any atom is 0.0459 e. The van der Waals surface area contributed by atoms with Crippen LogP contribution in [-0.2, 0) is 13.1 Å². The molecule has 0 radical (unpaired) electrons. The summed E-state index contributed by atoms with van der Waals surface area (Å²) in [6.07, 6.45) is 4.07. The highest BCUT2D eigenvalue weighted by atomic mass is 15.1. The van der Waals surface area contributed by atoms with E-state index in [1.807, 2.05) is 0 Å². The van der Waals surface area contributed by atoms with Gasteiger partial charge in [-0.3, -0.25) is 4.90 Å². The van der Waals surface area contributed by atoms with Crippen LogP contribution in [0.15, 0.2) is 24.3 Å². The average Bonchev–Trinajstić information content (AvgIpc) is 2.82. The van der Waals surface area contributed by atoms with Crippen LogP contribution in [0.2, 0.25) is 0 Å². The van der Waals surface area contributed by atoms with E-state index in [-0.39, 0.29) is 0 Å². The van der Waals surface area contributed by atoms with Crippen molar-refractivity contribution in [2.45, 2.75) is 32.4 Å². The number of fused-ring (bicyclic) bond motifs is 1. The molecule has 0 bridgehead atoms. The van der Waals surface area contributed by atoms with Gasteiger partial charge in [-0.05, 0) is 43.6 Å². The zero-order valence-corrected chi connectivity index (χ0v) is 10.8. The molecule has 1 aromatic carbocycles. The second-order valence-electron chi connectivity index (χ2n) is 5.21. The number of aromatic amines is 1. The molecule has 2 heterocycles. The number of hydrogen-bond donors (Lipinski definition) is 2. The van der Waals surface area contributed by atoms with E-state index in [0.29, 0.717) is 6.54 Å². The summed E-state index contributed by atoms with van der Waals surface area (Å²) in [5.41, 5.74) is 9.54. The minimum atomic E-state index is 0.609. The Hall–Kier alpha value is -1.32. The predicted octanol–water partition coefficient (Wildman–Crippen LogP) is 2.61. The number of nitrogens with two attached hydrogens (primary N) is 1. The van der Waals surface area contributed by atoms with Crippen molar-refractivity contribution in [3.05, 3.63) is 35.5 Å². The van der Waals surface area contributed by atoms with Crippen molar-refractivity contribution >= 4 is 10.9 Å². The molecule has 3 rings (SSSR count). The fraction of sp³-hybridized carbons (Fsp3) is 0.467. The maximum atomic E-state index is 5.79. The van der Waals surface area contributed by atoms with Crippen LogP contribution in [0.1, 0.15) is 30.5 Å². The van der Waals surface area contributed by atoms with Gasteiger partial charge in [-0.15, -0.1) is 0 Å². The van der Waals surface area contributed by atoms with Gasteiger partial charge in [0.25, 0.3) is 0 Å². The van der Waals surface area contributed by atoms with E-state index in [4.69, 9.17) is 5.73 Å². The Morgan fingerprint density at radius 2 is 2.00 bits per heavy atom. The summed E-state index contributed by atoms with van der Waals surface area (Å²) in [7, 11) is 0. The minimum absolute atomic E-state index is 0.609. The first kappa shape index (κ1) is 11.8. The Kier molecular flexibility index (Phi) is 3.35. The van der Waals surface area contributed by atoms with E-state index in [1.165, 1.54) is 54.5 Å². The van der Waals surface area contributed by atoms with Crippen molar-refractivity contribution in [2.24, 2.45) is 5.73 Å². The number of H-pyrrole nitrogens is 1. The first-order chi connectivity index (χ1) is 8.86. The maximum absolute atomic E-state index is 5.79. The molecule has 1 aromatic heterocycles. The van der Waals surface area contributed by atoms with Gasteiger partial charge in [-0.2, -0.15) is 0 Å². The average molecular weight is 243 g/mol. The summed E-state index contributed by atoms with van der Waals surface area (Å²) < 4.78 is 0. The second kappa shape index (κ2) is 5.12. The first-order valence-electron chi connectivity index (χ1n) is 6.89. The van der Waals surface area contributed by atoms with Gasteiger partial charge in [-0.1, -0.05) is 18.6 Å². The lowest BCUT2D eigenvalue weighted by Gasteiger charge is -2.25. The molecule has 0 unspecified atom stereocenters. The van der Waals surface area contributed by atoms with Crippen molar-refractivity contribution in [3.63, 3.8) is 0 Å². The largest absolute Gasteiger partial charge is 0.357 e. The Labute approximate surface area is 108 Å². The number of likely N-dealkylation sites (tertiary alicyclic amines) is 1. The molecule has 2 aromatic rings. The van der Waals surface area contributed by atoms with Gasteiger partial charge in [0.05, 0.1) is 0 Å². The highest BCUT2D eigenvalue weighted by Crippen LogP contribution is 2.21. The van der Waals surface area contributed by atoms with Crippen molar-refractivity contribution in [1.29, 1.82) is 0 Å². The third kappa shape index (κ3) is 2.28. The van der Waals surface area contributed by atoms with E-state index in [9.17, 15) is 0 Å². The van der Waals surface area contributed by atoms with E-state index in [1.54, 1.807) is 0 Å². The lowest BCUT2D eigenvalue weighted by Crippen LogP contribution is -2.29. The molecular weight excluding hydrogens is 222 g/mol. The predicted molar refractivity (Wildman–Crippen MR) is 75.3 cm³/mol. The van der Waals surface area contributed by atoms with Crippen LogP contribution >= 0.6 is 0 Å². The summed E-state index contributed by atoms with van der Waals surface area (Å²) in [5.74, 6) is 0. The van der Waals surface area contributed by atoms with Gasteiger partial charge in [-0.25, -0.2) is 0 Å². The third-order valence-corrected chi connectivity index (χ3v) is 3.87. The number of aromatic nitrogens is 1. The molecule has 0 spiro atoms. The lowest BCUT2D eigenvalue weighted by molar-refractivity contribution is 0.219. The summed E-state index contributed by atoms with van der Waals surface area (Å²) in [4.78, 5) is 6.06. The van der Waals surface area contributed by atoms with E-state index < -0.39 is 0 Å². The second-order valence-corrected chi connectivity index (χ2v) is 5.21. The van der Waals surface area contributed by atoms with Gasteiger partial charge < -0.3 is 10.7 Å². The molecule has 1 fully saturated rings. The van der Waals surface area contributed by atoms with Gasteiger partial charge >= 0.3 is 0 Å². The number of nitrogens with one attached hydrogen (secondary N) is 1. The normalized spacial score (nSPS) is 17.4. The van der Waals surface area contributed by atoms with Crippen LogP contribution in [-0.4, -0.2) is 23.0 Å². The Morgan fingerprint density at radius 3 is 2.78 bits per heavy atom. The third-order valence-electron chi connectivity index (χ3n) is 3.87. The van der Waals surface area contributed by atoms with Gasteiger partial charge in [0.15, 0.2) is 0 Å². The van der Waals surface area contributed by atoms with Gasteiger partial charge in [0.2, 0.25) is 0 Å². The van der Waals surface area contributed by atoms with Crippen molar-refractivity contribution in [1.82, 2.24) is 9.88 Å². The van der Waals surface area contributed by atoms with Gasteiger partial charge in [0.1, 0.15) is 0 Å². The standard InChI is InChI=1S/C15H21N3/c16-10-12-5-4-6-15-14(12)9-13(17-15)11-18-7-2-1-3-8-18/h4-6,9,17H,1-3,7-8,10-11,16H2. The molecule has 1 aliphatic heterocycles. The lowest BCUT2D eigenvalue weighted by atomic mass is 10.1. The molecule has 96 valence electrons. The quantitative estimate of drug-likeness (QED) is 0.870. The number of nitrogens with zero attached hydrogens (tertiary/aromatic N) is 1. The molecule has 0 atom stereocenters. The molecule has 0 aliphatic carbocycles. The summed E-state index contributed by atoms with van der Waals surface area (Å²) in [5, 5.41) is 1.28. The topological polar surface area (TPSA) is 45.1 Å². The molecule has 1 saturated heterocycles. The van der Waals surface area contributed by atoms with Crippen LogP contribution in [0.3, 0.4) is 0 Å². The first-order valence-corrected chi connectivity index (χ1v) is 6.89. The van der Waals surface area contributed by atoms with Gasteiger partial charge in [0, 0.05) is 29.7 Å². The minimum Gasteiger partial charge on any atom is -0.357 e. The van der Waals surface area contributed by atoms with Crippen LogP contribution in [0.4, 0.5) is 0 Å². The number of piperidine rings is 1. The Balaban J connectivity index is 1.84. The zero-order valence-electron chi connectivity index (χ0n) is 10.8. The summed E-state index contributed by atoms with van der Waals surface area (Å²) >= 11 is 0. The highest BCUT2D eigenvalue weighted by molar-refractivity contribution is 5.83. The van der Waals surface area contributed by atoms with E-state index in [0.717, 1.165) is 6.54 Å². The monoisotopic (exact) mass is 243 g/mol. The molecule has 1 aliphatic rings. The van der Waals surface area contributed by atoms with Crippen LogP contribution in [0.25, 0.3) is 10.9 Å². The Morgan fingerprint density at radius 1 is 1.17 bits per heavy atom. The number of rotatable bonds is 3. The van der Waals surface area contributed by atoms with Crippen LogP contribution < -0.4 is 5.73 Å². The molecule has 3 heteroatoms. The molecule has 3 N–H and O–H groups in total. The van der Waals surface area contributed by atoms with E-state index in [2.05, 4.69) is 34.1 Å². The fourth-order valence-electron chi connectivity index (χ4n) is 2.90. The molecular formula is C15H21N3. The van der Waals surface area contributed by atoms with Crippen molar-refractivity contribution in [2.75, 3.05) is 13.1 Å². The summed E-state index contributed by atoms with van der Waals surface area (Å²) in [6, 6.07) is 8.59. The Bertz CT molecular complexity index is 524. The van der Waals surface area contributed by atoms with Crippen LogP contribution in [0.5, 0.6) is 0 Å². The molecule has 3 nitrogen and oxygen atoms in total. The molecule has 18 heavy (non-hydrogen) atoms. The smallest absolute Gasteiger partial charge is 0.0459 e. The molecule has 0 saturated carbocycles.